The molecule has 3 aromatic carbocycles. The quantitative estimate of drug-likeness (QED) is 0.346. The average molecular weight is 417 g/mol. The van der Waals surface area contributed by atoms with E-state index in [2.05, 4.69) is 22.2 Å². The summed E-state index contributed by atoms with van der Waals surface area (Å²) in [7, 11) is 2.71. The molecule has 1 heterocycles. The van der Waals surface area contributed by atoms with Gasteiger partial charge in [-0.3, -0.25) is 0 Å². The van der Waals surface area contributed by atoms with E-state index in [1.54, 1.807) is 6.07 Å². The van der Waals surface area contributed by atoms with E-state index < -0.39 is 0 Å². The van der Waals surface area contributed by atoms with Crippen molar-refractivity contribution in [3.63, 3.8) is 0 Å². The second-order valence-corrected chi connectivity index (χ2v) is 9.20. The lowest BCUT2D eigenvalue weighted by Gasteiger charge is -2.21. The van der Waals surface area contributed by atoms with Crippen molar-refractivity contribution < 1.29 is 9.13 Å². The first-order chi connectivity index (χ1) is 14.2. The first kappa shape index (κ1) is 20.5. The van der Waals surface area contributed by atoms with E-state index in [1.807, 2.05) is 75.4 Å². The first-order valence-corrected chi connectivity index (χ1v) is 10.5. The maximum absolute atomic E-state index is 15.0. The van der Waals surface area contributed by atoms with Crippen molar-refractivity contribution in [1.29, 1.82) is 0 Å². The standard InChI is InChI=1S/C26H25FNOP/c1-16-13-25(28-24-12-10-20(30)15-22(16)24)18-7-11-21(23(27)14-18)17-5-8-19(9-6-17)29-26(2,3)4/h5-15H,30H2,1-4H3. The van der Waals surface area contributed by atoms with E-state index in [4.69, 9.17) is 9.72 Å². The van der Waals surface area contributed by atoms with E-state index in [0.717, 1.165) is 44.3 Å². The van der Waals surface area contributed by atoms with Gasteiger partial charge in [0, 0.05) is 16.5 Å². The Hall–Kier alpha value is -2.77. The van der Waals surface area contributed by atoms with Crippen LogP contribution >= 0.6 is 9.24 Å². The van der Waals surface area contributed by atoms with Gasteiger partial charge in [-0.15, -0.1) is 9.24 Å². The molecule has 1 unspecified atom stereocenters. The molecular weight excluding hydrogens is 392 g/mol. The summed E-state index contributed by atoms with van der Waals surface area (Å²) >= 11 is 0. The third kappa shape index (κ3) is 4.37. The molecule has 0 aliphatic rings. The molecule has 2 nitrogen and oxygen atoms in total. The van der Waals surface area contributed by atoms with Gasteiger partial charge in [0.05, 0.1) is 11.2 Å². The average Bonchev–Trinajstić information content (AvgIpc) is 2.68. The van der Waals surface area contributed by atoms with Crippen LogP contribution < -0.4 is 10.0 Å². The fourth-order valence-corrected chi connectivity index (χ4v) is 3.79. The molecule has 0 saturated heterocycles. The van der Waals surface area contributed by atoms with Gasteiger partial charge in [-0.2, -0.15) is 0 Å². The lowest BCUT2D eigenvalue weighted by molar-refractivity contribution is 0.131. The zero-order valence-corrected chi connectivity index (χ0v) is 18.8. The lowest BCUT2D eigenvalue weighted by atomic mass is 10.00. The molecule has 0 bridgehead atoms. The maximum Gasteiger partial charge on any atom is 0.131 e. The number of hydrogen-bond donors (Lipinski definition) is 0. The third-order valence-corrected chi connectivity index (χ3v) is 5.25. The monoisotopic (exact) mass is 417 g/mol. The summed E-state index contributed by atoms with van der Waals surface area (Å²) in [5, 5.41) is 2.23. The highest BCUT2D eigenvalue weighted by Gasteiger charge is 2.13. The fraction of sp³-hybridized carbons (Fsp3) is 0.192. The Balaban J connectivity index is 1.67. The number of ether oxygens (including phenoxy) is 1. The number of aryl methyl sites for hydroxylation is 1. The second kappa shape index (κ2) is 7.81. The fourth-order valence-electron chi connectivity index (χ4n) is 3.52. The number of pyridine rings is 1. The van der Waals surface area contributed by atoms with E-state index >= 15 is 0 Å². The van der Waals surface area contributed by atoms with Crippen molar-refractivity contribution in [2.45, 2.75) is 33.3 Å². The van der Waals surface area contributed by atoms with Crippen molar-refractivity contribution in [2.75, 3.05) is 0 Å². The Bertz CT molecular complexity index is 1230. The van der Waals surface area contributed by atoms with Gasteiger partial charge < -0.3 is 4.74 Å². The van der Waals surface area contributed by atoms with Gasteiger partial charge in [0.15, 0.2) is 0 Å². The molecule has 1 atom stereocenters. The van der Waals surface area contributed by atoms with Gasteiger partial charge >= 0.3 is 0 Å². The number of halogens is 1. The van der Waals surface area contributed by atoms with E-state index in [1.165, 1.54) is 0 Å². The second-order valence-electron chi connectivity index (χ2n) is 8.53. The lowest BCUT2D eigenvalue weighted by Crippen LogP contribution is -2.22. The van der Waals surface area contributed by atoms with Crippen LogP contribution in [0.1, 0.15) is 26.3 Å². The van der Waals surface area contributed by atoms with Crippen molar-refractivity contribution in [3.05, 3.63) is 78.1 Å². The third-order valence-electron chi connectivity index (χ3n) is 4.89. The van der Waals surface area contributed by atoms with Gasteiger partial charge in [-0.25, -0.2) is 9.37 Å². The summed E-state index contributed by atoms with van der Waals surface area (Å²) in [5.41, 5.74) is 4.69. The van der Waals surface area contributed by atoms with Gasteiger partial charge in [0.1, 0.15) is 17.2 Å². The topological polar surface area (TPSA) is 22.1 Å². The molecular formula is C26H25FNOP. The van der Waals surface area contributed by atoms with Crippen LogP contribution in [0.4, 0.5) is 4.39 Å². The minimum Gasteiger partial charge on any atom is -0.488 e. The SMILES string of the molecule is Cc1cc(-c2ccc(-c3ccc(OC(C)(C)C)cc3)c(F)c2)nc2ccc(P)cc12. The molecule has 0 aliphatic heterocycles. The van der Waals surface area contributed by atoms with Crippen molar-refractivity contribution in [1.82, 2.24) is 4.98 Å². The number of hydrogen-bond acceptors (Lipinski definition) is 2. The zero-order chi connectivity index (χ0) is 21.5. The minimum atomic E-state index is -0.267. The molecule has 0 saturated carbocycles. The Morgan fingerprint density at radius 2 is 1.57 bits per heavy atom. The highest BCUT2D eigenvalue weighted by atomic mass is 31.0. The maximum atomic E-state index is 15.0. The molecule has 30 heavy (non-hydrogen) atoms. The summed E-state index contributed by atoms with van der Waals surface area (Å²) < 4.78 is 20.8. The molecule has 0 spiro atoms. The minimum absolute atomic E-state index is 0.267. The number of fused-ring (bicyclic) bond motifs is 1. The molecule has 0 fully saturated rings. The highest BCUT2D eigenvalue weighted by molar-refractivity contribution is 7.27. The van der Waals surface area contributed by atoms with Gasteiger partial charge in [0.25, 0.3) is 0 Å². The largest absolute Gasteiger partial charge is 0.488 e. The van der Waals surface area contributed by atoms with Crippen LogP contribution in [0, 0.1) is 12.7 Å². The van der Waals surface area contributed by atoms with Crippen molar-refractivity contribution in [3.8, 4) is 28.1 Å². The van der Waals surface area contributed by atoms with Gasteiger partial charge in [0.2, 0.25) is 0 Å². The summed E-state index contributed by atoms with van der Waals surface area (Å²) in [6, 6.07) is 21.0. The predicted octanol–water partition coefficient (Wildman–Crippen LogP) is 6.69. The van der Waals surface area contributed by atoms with E-state index in [0.29, 0.717) is 5.56 Å². The van der Waals surface area contributed by atoms with Crippen LogP contribution in [-0.4, -0.2) is 10.6 Å². The normalized spacial score (nSPS) is 11.7. The van der Waals surface area contributed by atoms with Crippen molar-refractivity contribution >= 4 is 25.4 Å². The number of benzene rings is 3. The summed E-state index contributed by atoms with van der Waals surface area (Å²) in [4.78, 5) is 4.74. The summed E-state index contributed by atoms with van der Waals surface area (Å²) in [6.07, 6.45) is 0. The van der Waals surface area contributed by atoms with E-state index in [9.17, 15) is 4.39 Å². The molecule has 0 N–H and O–H groups in total. The van der Waals surface area contributed by atoms with Crippen LogP contribution in [0.2, 0.25) is 0 Å². The van der Waals surface area contributed by atoms with Crippen LogP contribution in [-0.2, 0) is 0 Å². The Labute approximate surface area is 179 Å². The van der Waals surface area contributed by atoms with Crippen LogP contribution in [0.15, 0.2) is 66.7 Å². The Morgan fingerprint density at radius 1 is 0.867 bits per heavy atom. The van der Waals surface area contributed by atoms with Crippen LogP contribution in [0.25, 0.3) is 33.3 Å². The van der Waals surface area contributed by atoms with Crippen LogP contribution in [0.3, 0.4) is 0 Å². The van der Waals surface area contributed by atoms with Crippen LogP contribution in [0.5, 0.6) is 5.75 Å². The predicted molar refractivity (Wildman–Crippen MR) is 127 cm³/mol. The molecule has 0 radical (unpaired) electrons. The number of aromatic nitrogens is 1. The van der Waals surface area contributed by atoms with Crippen molar-refractivity contribution in [2.24, 2.45) is 0 Å². The number of nitrogens with zero attached hydrogens (tertiary/aromatic N) is 1. The van der Waals surface area contributed by atoms with Gasteiger partial charge in [-0.05, 0) is 80.5 Å². The van der Waals surface area contributed by atoms with Gasteiger partial charge in [-0.1, -0.05) is 30.3 Å². The zero-order valence-electron chi connectivity index (χ0n) is 17.7. The highest BCUT2D eigenvalue weighted by Crippen LogP contribution is 2.30. The first-order valence-electron chi connectivity index (χ1n) is 9.96. The smallest absolute Gasteiger partial charge is 0.131 e. The number of rotatable bonds is 3. The van der Waals surface area contributed by atoms with E-state index in [-0.39, 0.29) is 11.4 Å². The molecule has 4 heteroatoms. The summed E-state index contributed by atoms with van der Waals surface area (Å²) in [6.45, 7) is 8.06. The molecule has 4 rings (SSSR count). The Morgan fingerprint density at radius 3 is 2.23 bits per heavy atom. The molecule has 0 aliphatic carbocycles. The summed E-state index contributed by atoms with van der Waals surface area (Å²) in [5.74, 6) is 0.504. The molecule has 1 aromatic heterocycles. The molecule has 4 aromatic rings. The molecule has 152 valence electrons. The molecule has 0 amide bonds. The Kier molecular flexibility index (Phi) is 5.34.